The van der Waals surface area contributed by atoms with Crippen molar-refractivity contribution in [2.45, 2.75) is 19.4 Å². The quantitative estimate of drug-likeness (QED) is 0.665. The molecule has 2 aromatic carbocycles. The predicted molar refractivity (Wildman–Crippen MR) is 124 cm³/mol. The average Bonchev–Trinajstić information content (AvgIpc) is 3.24. The van der Waals surface area contributed by atoms with Gasteiger partial charge in [0.05, 0.1) is 25.5 Å². The Balaban J connectivity index is 1.44. The summed E-state index contributed by atoms with van der Waals surface area (Å²) in [5, 5.41) is 0.522. The van der Waals surface area contributed by atoms with Gasteiger partial charge in [0.2, 0.25) is 5.91 Å². The Labute approximate surface area is 193 Å². The van der Waals surface area contributed by atoms with Crippen molar-refractivity contribution in [2.75, 3.05) is 51.8 Å². The van der Waals surface area contributed by atoms with Crippen LogP contribution in [0.5, 0.6) is 11.5 Å². The maximum Gasteiger partial charge on any atom is 0.256 e. The number of methoxy groups -OCH3 is 2. The van der Waals surface area contributed by atoms with Crippen molar-refractivity contribution < 1.29 is 19.1 Å². The van der Waals surface area contributed by atoms with Gasteiger partial charge in [-0.25, -0.2) is 0 Å². The molecule has 0 aliphatic carbocycles. The van der Waals surface area contributed by atoms with Gasteiger partial charge in [0.15, 0.2) is 0 Å². The van der Waals surface area contributed by atoms with Crippen LogP contribution in [0.3, 0.4) is 0 Å². The molecule has 2 amide bonds. The van der Waals surface area contributed by atoms with Gasteiger partial charge in [-0.2, -0.15) is 0 Å². The van der Waals surface area contributed by atoms with Crippen molar-refractivity contribution in [1.29, 1.82) is 0 Å². The number of hydrogen-bond donors (Lipinski definition) is 0. The lowest BCUT2D eigenvalue weighted by Gasteiger charge is -2.35. The number of halogens is 1. The van der Waals surface area contributed by atoms with Crippen LogP contribution in [-0.2, 0) is 11.3 Å². The zero-order chi connectivity index (χ0) is 22.7. The molecule has 4 rings (SSSR count). The minimum Gasteiger partial charge on any atom is -0.497 e. The second kappa shape index (κ2) is 9.79. The molecule has 0 saturated carbocycles. The number of carbonyl (C=O) groups excluding carboxylic acids is 2. The van der Waals surface area contributed by atoms with Gasteiger partial charge in [-0.3, -0.25) is 14.5 Å². The summed E-state index contributed by atoms with van der Waals surface area (Å²) < 4.78 is 10.8. The lowest BCUT2D eigenvalue weighted by molar-refractivity contribution is -0.117. The number of anilines is 1. The SMILES string of the molecule is COc1ccc(OC)c(CN2CCN(C(=O)c3ccc(Cl)cc3N3CCCC3=O)CC2)c1. The van der Waals surface area contributed by atoms with Gasteiger partial charge < -0.3 is 19.3 Å². The molecule has 0 N–H and O–H groups in total. The molecule has 0 spiro atoms. The van der Waals surface area contributed by atoms with Gasteiger partial charge in [-0.15, -0.1) is 0 Å². The van der Waals surface area contributed by atoms with Crippen LogP contribution in [0.4, 0.5) is 5.69 Å². The standard InChI is InChI=1S/C24H28ClN3O4/c1-31-19-6-8-22(32-2)17(14-19)16-26-10-12-27(13-11-26)24(30)20-7-5-18(25)15-21(20)28-9-3-4-23(28)29/h5-8,14-15H,3-4,9-13,16H2,1-2H3. The number of hydrogen-bond acceptors (Lipinski definition) is 5. The van der Waals surface area contributed by atoms with Crippen LogP contribution in [0.1, 0.15) is 28.8 Å². The number of benzene rings is 2. The molecule has 0 radical (unpaired) electrons. The minimum atomic E-state index is -0.0602. The third kappa shape index (κ3) is 4.69. The topological polar surface area (TPSA) is 62.3 Å². The van der Waals surface area contributed by atoms with Crippen LogP contribution in [0, 0.1) is 0 Å². The van der Waals surface area contributed by atoms with E-state index >= 15 is 0 Å². The van der Waals surface area contributed by atoms with Crippen LogP contribution in [-0.4, -0.2) is 68.6 Å². The van der Waals surface area contributed by atoms with Crippen LogP contribution < -0.4 is 14.4 Å². The predicted octanol–water partition coefficient (Wildman–Crippen LogP) is 3.44. The summed E-state index contributed by atoms with van der Waals surface area (Å²) in [5.74, 6) is 1.60. The van der Waals surface area contributed by atoms with E-state index in [2.05, 4.69) is 4.90 Å². The van der Waals surface area contributed by atoms with E-state index in [0.29, 0.717) is 42.3 Å². The summed E-state index contributed by atoms with van der Waals surface area (Å²) in [7, 11) is 3.31. The Kier molecular flexibility index (Phi) is 6.86. The van der Waals surface area contributed by atoms with Crippen LogP contribution in [0.25, 0.3) is 0 Å². The van der Waals surface area contributed by atoms with E-state index in [9.17, 15) is 9.59 Å². The third-order valence-electron chi connectivity index (χ3n) is 6.10. The fourth-order valence-corrected chi connectivity index (χ4v) is 4.50. The first-order chi connectivity index (χ1) is 15.5. The average molecular weight is 458 g/mol. The molecular weight excluding hydrogens is 430 g/mol. The van der Waals surface area contributed by atoms with Gasteiger partial charge >= 0.3 is 0 Å². The molecule has 0 aromatic heterocycles. The van der Waals surface area contributed by atoms with Crippen LogP contribution in [0.15, 0.2) is 36.4 Å². The van der Waals surface area contributed by atoms with Crippen molar-refractivity contribution >= 4 is 29.1 Å². The van der Waals surface area contributed by atoms with Crippen LogP contribution >= 0.6 is 11.6 Å². The van der Waals surface area contributed by atoms with E-state index in [1.54, 1.807) is 37.3 Å². The van der Waals surface area contributed by atoms with Gasteiger partial charge in [-0.1, -0.05) is 11.6 Å². The van der Waals surface area contributed by atoms with Gasteiger partial charge in [0.25, 0.3) is 5.91 Å². The first-order valence-electron chi connectivity index (χ1n) is 10.8. The van der Waals surface area contributed by atoms with Gasteiger partial charge in [0, 0.05) is 56.3 Å². The Morgan fingerprint density at radius 1 is 1.00 bits per heavy atom. The lowest BCUT2D eigenvalue weighted by Crippen LogP contribution is -2.48. The molecule has 2 aromatic rings. The first-order valence-corrected chi connectivity index (χ1v) is 11.2. The number of piperazine rings is 1. The summed E-state index contributed by atoms with van der Waals surface area (Å²) >= 11 is 6.19. The smallest absolute Gasteiger partial charge is 0.256 e. The molecule has 0 unspecified atom stereocenters. The largest absolute Gasteiger partial charge is 0.497 e. The van der Waals surface area contributed by atoms with E-state index in [1.165, 1.54) is 0 Å². The molecule has 32 heavy (non-hydrogen) atoms. The van der Waals surface area contributed by atoms with Crippen molar-refractivity contribution in [3.05, 3.63) is 52.5 Å². The van der Waals surface area contributed by atoms with Gasteiger partial charge in [-0.05, 0) is 42.8 Å². The molecular formula is C24H28ClN3O4. The number of carbonyl (C=O) groups is 2. The Hall–Kier alpha value is -2.77. The summed E-state index contributed by atoms with van der Waals surface area (Å²) in [6.45, 7) is 4.06. The molecule has 2 heterocycles. The number of rotatable bonds is 6. The summed E-state index contributed by atoms with van der Waals surface area (Å²) in [5.41, 5.74) is 2.21. The number of ether oxygens (including phenoxy) is 2. The fraction of sp³-hybridized carbons (Fsp3) is 0.417. The van der Waals surface area contributed by atoms with E-state index in [0.717, 1.165) is 43.1 Å². The van der Waals surface area contributed by atoms with E-state index in [-0.39, 0.29) is 11.8 Å². The zero-order valence-electron chi connectivity index (χ0n) is 18.5. The Morgan fingerprint density at radius 3 is 2.44 bits per heavy atom. The lowest BCUT2D eigenvalue weighted by atomic mass is 10.1. The highest BCUT2D eigenvalue weighted by Crippen LogP contribution is 2.30. The minimum absolute atomic E-state index is 0.0402. The summed E-state index contributed by atoms with van der Waals surface area (Å²) in [6, 6.07) is 11.0. The molecule has 8 heteroatoms. The normalized spacial score (nSPS) is 17.0. The monoisotopic (exact) mass is 457 g/mol. The van der Waals surface area contributed by atoms with Crippen molar-refractivity contribution in [3.63, 3.8) is 0 Å². The summed E-state index contributed by atoms with van der Waals surface area (Å²) in [4.78, 5) is 31.5. The second-order valence-corrected chi connectivity index (χ2v) is 8.49. The highest BCUT2D eigenvalue weighted by atomic mass is 35.5. The Bertz CT molecular complexity index is 1000. The maximum absolute atomic E-state index is 13.3. The fourth-order valence-electron chi connectivity index (χ4n) is 4.34. The molecule has 2 fully saturated rings. The number of amides is 2. The Morgan fingerprint density at radius 2 is 1.78 bits per heavy atom. The highest BCUT2D eigenvalue weighted by molar-refractivity contribution is 6.31. The van der Waals surface area contributed by atoms with E-state index < -0.39 is 0 Å². The number of nitrogens with zero attached hydrogens (tertiary/aromatic N) is 3. The van der Waals surface area contributed by atoms with E-state index in [4.69, 9.17) is 21.1 Å². The molecule has 0 atom stereocenters. The van der Waals surface area contributed by atoms with Crippen molar-refractivity contribution in [2.24, 2.45) is 0 Å². The second-order valence-electron chi connectivity index (χ2n) is 8.06. The van der Waals surface area contributed by atoms with Crippen molar-refractivity contribution in [3.8, 4) is 11.5 Å². The zero-order valence-corrected chi connectivity index (χ0v) is 19.2. The molecule has 7 nitrogen and oxygen atoms in total. The molecule has 2 aliphatic rings. The first kappa shape index (κ1) is 22.4. The van der Waals surface area contributed by atoms with Crippen LogP contribution in [0.2, 0.25) is 5.02 Å². The molecule has 0 bridgehead atoms. The molecule has 2 aliphatic heterocycles. The maximum atomic E-state index is 13.3. The van der Waals surface area contributed by atoms with Gasteiger partial charge in [0.1, 0.15) is 11.5 Å². The molecule has 2 saturated heterocycles. The highest BCUT2D eigenvalue weighted by Gasteiger charge is 2.29. The molecule has 170 valence electrons. The summed E-state index contributed by atoms with van der Waals surface area (Å²) in [6.07, 6.45) is 1.30. The van der Waals surface area contributed by atoms with E-state index in [1.807, 2.05) is 23.1 Å². The van der Waals surface area contributed by atoms with Crippen molar-refractivity contribution in [1.82, 2.24) is 9.80 Å². The third-order valence-corrected chi connectivity index (χ3v) is 6.33.